The minimum atomic E-state index is -1.07. The van der Waals surface area contributed by atoms with Crippen molar-refractivity contribution < 1.29 is 19.4 Å². The smallest absolute Gasteiger partial charge is 0.339 e. The number of ether oxygens (including phenoxy) is 2. The van der Waals surface area contributed by atoms with Gasteiger partial charge in [0.25, 0.3) is 0 Å². The maximum atomic E-state index is 11.2. The first-order valence-corrected chi connectivity index (χ1v) is 6.45. The fourth-order valence-electron chi connectivity index (χ4n) is 1.78. The van der Waals surface area contributed by atoms with E-state index in [1.807, 2.05) is 6.92 Å². The molecule has 8 nitrogen and oxygen atoms in total. The molecule has 0 fully saturated rings. The maximum absolute atomic E-state index is 11.2. The Morgan fingerprint density at radius 3 is 2.90 bits per heavy atom. The molecular weight excluding hydrogens is 276 g/mol. The Hall–Kier alpha value is -2.64. The van der Waals surface area contributed by atoms with E-state index in [2.05, 4.69) is 15.5 Å². The Balaban J connectivity index is 2.18. The van der Waals surface area contributed by atoms with Crippen LogP contribution in [0.4, 0.5) is 0 Å². The van der Waals surface area contributed by atoms with Crippen molar-refractivity contribution in [3.63, 3.8) is 0 Å². The molecular formula is C13H16N4O4. The van der Waals surface area contributed by atoms with Crippen LogP contribution in [0.3, 0.4) is 0 Å². The molecule has 0 aliphatic rings. The molecule has 0 atom stereocenters. The number of tetrazole rings is 1. The topological polar surface area (TPSA) is 99.4 Å². The summed E-state index contributed by atoms with van der Waals surface area (Å²) in [4.78, 5) is 11.2. The van der Waals surface area contributed by atoms with Crippen LogP contribution in [-0.4, -0.2) is 38.4 Å². The summed E-state index contributed by atoms with van der Waals surface area (Å²) in [5, 5.41) is 20.5. The van der Waals surface area contributed by atoms with Crippen LogP contribution in [0, 0.1) is 0 Å². The van der Waals surface area contributed by atoms with Crippen molar-refractivity contribution in [1.82, 2.24) is 20.2 Å². The Bertz CT molecular complexity index is 626. The average molecular weight is 292 g/mol. The standard InChI is InChI=1S/C13H16N4O4/c1-3-6-17-12(14-15-16-17)8-21-11-7-9(20-2)4-5-10(11)13(18)19/h4-5,7H,3,6,8H2,1-2H3,(H,18,19). The average Bonchev–Trinajstić information content (AvgIpc) is 2.92. The summed E-state index contributed by atoms with van der Waals surface area (Å²) in [5.41, 5.74) is 0.0605. The van der Waals surface area contributed by atoms with E-state index < -0.39 is 5.97 Å². The first-order valence-electron chi connectivity index (χ1n) is 6.45. The normalized spacial score (nSPS) is 10.4. The predicted molar refractivity (Wildman–Crippen MR) is 72.4 cm³/mol. The number of carbonyl (C=O) groups is 1. The summed E-state index contributed by atoms with van der Waals surface area (Å²) in [6.45, 7) is 2.77. The zero-order chi connectivity index (χ0) is 15.2. The monoisotopic (exact) mass is 292 g/mol. The van der Waals surface area contributed by atoms with Crippen LogP contribution in [0.5, 0.6) is 11.5 Å². The number of hydrogen-bond donors (Lipinski definition) is 1. The van der Waals surface area contributed by atoms with Crippen molar-refractivity contribution in [3.05, 3.63) is 29.6 Å². The molecule has 0 saturated carbocycles. The Kier molecular flexibility index (Phi) is 4.70. The number of rotatable bonds is 7. The molecule has 0 aliphatic heterocycles. The van der Waals surface area contributed by atoms with E-state index in [0.29, 0.717) is 18.1 Å². The lowest BCUT2D eigenvalue weighted by atomic mass is 10.2. The van der Waals surface area contributed by atoms with Gasteiger partial charge in [0.2, 0.25) is 0 Å². The van der Waals surface area contributed by atoms with Gasteiger partial charge in [-0.3, -0.25) is 0 Å². The lowest BCUT2D eigenvalue weighted by molar-refractivity contribution is 0.0691. The van der Waals surface area contributed by atoms with Gasteiger partial charge in [0.15, 0.2) is 5.82 Å². The van der Waals surface area contributed by atoms with Gasteiger partial charge in [-0.2, -0.15) is 0 Å². The van der Waals surface area contributed by atoms with Gasteiger partial charge in [-0.05, 0) is 29.0 Å². The van der Waals surface area contributed by atoms with Crippen molar-refractivity contribution >= 4 is 5.97 Å². The number of aromatic carboxylic acids is 1. The van der Waals surface area contributed by atoms with Crippen molar-refractivity contribution in [2.24, 2.45) is 0 Å². The van der Waals surface area contributed by atoms with Crippen molar-refractivity contribution in [1.29, 1.82) is 0 Å². The number of carboxylic acid groups (broad SMARTS) is 1. The number of methoxy groups -OCH3 is 1. The highest BCUT2D eigenvalue weighted by Gasteiger charge is 2.14. The van der Waals surface area contributed by atoms with E-state index in [0.717, 1.165) is 6.42 Å². The number of aromatic nitrogens is 4. The summed E-state index contributed by atoms with van der Waals surface area (Å²) in [6.07, 6.45) is 0.886. The van der Waals surface area contributed by atoms with E-state index in [4.69, 9.17) is 14.6 Å². The van der Waals surface area contributed by atoms with Crippen molar-refractivity contribution in [3.8, 4) is 11.5 Å². The Morgan fingerprint density at radius 2 is 2.24 bits per heavy atom. The van der Waals surface area contributed by atoms with E-state index in [-0.39, 0.29) is 17.9 Å². The molecule has 2 rings (SSSR count). The van der Waals surface area contributed by atoms with E-state index in [1.54, 1.807) is 10.7 Å². The van der Waals surface area contributed by atoms with E-state index >= 15 is 0 Å². The lowest BCUT2D eigenvalue weighted by Gasteiger charge is -2.10. The van der Waals surface area contributed by atoms with Gasteiger partial charge in [0, 0.05) is 12.6 Å². The third-order valence-corrected chi connectivity index (χ3v) is 2.82. The molecule has 0 radical (unpaired) electrons. The SMILES string of the molecule is CCCn1nnnc1COc1cc(OC)ccc1C(=O)O. The molecule has 0 unspecified atom stereocenters. The molecule has 1 aromatic heterocycles. The third-order valence-electron chi connectivity index (χ3n) is 2.82. The predicted octanol–water partition coefficient (Wildman–Crippen LogP) is 1.37. The summed E-state index contributed by atoms with van der Waals surface area (Å²) >= 11 is 0. The summed E-state index contributed by atoms with van der Waals surface area (Å²) < 4.78 is 12.2. The molecule has 0 aliphatic carbocycles. The first-order chi connectivity index (χ1) is 10.2. The van der Waals surface area contributed by atoms with Crippen LogP contribution >= 0.6 is 0 Å². The summed E-state index contributed by atoms with van der Waals surface area (Å²) in [7, 11) is 1.50. The molecule has 0 bridgehead atoms. The Morgan fingerprint density at radius 1 is 1.43 bits per heavy atom. The van der Waals surface area contributed by atoms with Crippen LogP contribution in [0.1, 0.15) is 29.5 Å². The van der Waals surface area contributed by atoms with Crippen LogP contribution in [0.2, 0.25) is 0 Å². The van der Waals surface area contributed by atoms with Gasteiger partial charge in [-0.25, -0.2) is 9.48 Å². The van der Waals surface area contributed by atoms with Gasteiger partial charge >= 0.3 is 5.97 Å². The van der Waals surface area contributed by atoms with Gasteiger partial charge < -0.3 is 14.6 Å². The largest absolute Gasteiger partial charge is 0.497 e. The minimum Gasteiger partial charge on any atom is -0.497 e. The zero-order valence-corrected chi connectivity index (χ0v) is 11.8. The van der Waals surface area contributed by atoms with Gasteiger partial charge in [0.1, 0.15) is 23.7 Å². The van der Waals surface area contributed by atoms with E-state index in [9.17, 15) is 4.79 Å². The second-order valence-electron chi connectivity index (χ2n) is 4.27. The minimum absolute atomic E-state index is 0.0605. The number of carboxylic acids is 1. The van der Waals surface area contributed by atoms with Gasteiger partial charge in [-0.1, -0.05) is 6.92 Å². The van der Waals surface area contributed by atoms with Crippen LogP contribution in [-0.2, 0) is 13.2 Å². The zero-order valence-electron chi connectivity index (χ0n) is 11.8. The van der Waals surface area contributed by atoms with Crippen LogP contribution in [0.25, 0.3) is 0 Å². The number of aryl methyl sites for hydroxylation is 1. The molecule has 21 heavy (non-hydrogen) atoms. The fourth-order valence-corrected chi connectivity index (χ4v) is 1.78. The third kappa shape index (κ3) is 3.47. The molecule has 0 amide bonds. The van der Waals surface area contributed by atoms with Gasteiger partial charge in [-0.15, -0.1) is 5.10 Å². The highest BCUT2D eigenvalue weighted by molar-refractivity contribution is 5.91. The molecule has 0 saturated heterocycles. The maximum Gasteiger partial charge on any atom is 0.339 e. The molecule has 2 aromatic rings. The number of nitrogens with zero attached hydrogens (tertiary/aromatic N) is 4. The van der Waals surface area contributed by atoms with Crippen LogP contribution < -0.4 is 9.47 Å². The highest BCUT2D eigenvalue weighted by Crippen LogP contribution is 2.25. The quantitative estimate of drug-likeness (QED) is 0.822. The summed E-state index contributed by atoms with van der Waals surface area (Å²) in [6, 6.07) is 4.53. The molecule has 112 valence electrons. The fraction of sp³-hybridized carbons (Fsp3) is 0.385. The van der Waals surface area contributed by atoms with Gasteiger partial charge in [0.05, 0.1) is 7.11 Å². The van der Waals surface area contributed by atoms with Crippen molar-refractivity contribution in [2.75, 3.05) is 7.11 Å². The number of hydrogen-bond acceptors (Lipinski definition) is 6. The highest BCUT2D eigenvalue weighted by atomic mass is 16.5. The molecule has 1 aromatic carbocycles. The second-order valence-corrected chi connectivity index (χ2v) is 4.27. The first kappa shape index (κ1) is 14.8. The van der Waals surface area contributed by atoms with Crippen molar-refractivity contribution in [2.45, 2.75) is 26.5 Å². The molecule has 8 heteroatoms. The molecule has 1 N–H and O–H groups in total. The Labute approximate surface area is 121 Å². The summed E-state index contributed by atoms with van der Waals surface area (Å²) in [5.74, 6) is 0.202. The second kappa shape index (κ2) is 6.69. The molecule has 0 spiro atoms. The van der Waals surface area contributed by atoms with E-state index in [1.165, 1.54) is 19.2 Å². The number of benzene rings is 1. The van der Waals surface area contributed by atoms with Crippen LogP contribution in [0.15, 0.2) is 18.2 Å². The molecule has 1 heterocycles. The lowest BCUT2D eigenvalue weighted by Crippen LogP contribution is -2.10.